The summed E-state index contributed by atoms with van der Waals surface area (Å²) in [6, 6.07) is 4.73. The van der Waals surface area contributed by atoms with E-state index >= 15 is 0 Å². The van der Waals surface area contributed by atoms with E-state index in [1.165, 1.54) is 12.5 Å². The van der Waals surface area contributed by atoms with Gasteiger partial charge in [-0.05, 0) is 43.9 Å². The van der Waals surface area contributed by atoms with Crippen LogP contribution in [0.5, 0.6) is 0 Å². The molecule has 4 heteroatoms. The minimum Gasteiger partial charge on any atom is -0.384 e. The number of halogens is 1. The molecule has 1 unspecified atom stereocenters. The highest BCUT2D eigenvalue weighted by Crippen LogP contribution is 2.17. The van der Waals surface area contributed by atoms with Gasteiger partial charge in [-0.1, -0.05) is 12.1 Å². The molecular weight excluding hydrogens is 269 g/mol. The van der Waals surface area contributed by atoms with Gasteiger partial charge in [0, 0.05) is 32.2 Å². The van der Waals surface area contributed by atoms with Crippen LogP contribution in [0.15, 0.2) is 18.2 Å². The zero-order valence-electron chi connectivity index (χ0n) is 12.9. The number of carbonyl (C=O) groups excluding carboxylic acids is 1. The molecular formula is C17H24FNO2. The fourth-order valence-electron chi connectivity index (χ4n) is 2.90. The third kappa shape index (κ3) is 4.61. The highest BCUT2D eigenvalue weighted by Gasteiger charge is 2.20. The first-order chi connectivity index (χ1) is 10.1. The fraction of sp³-hybridized carbons (Fsp3) is 0.588. The van der Waals surface area contributed by atoms with Crippen molar-refractivity contribution in [3.63, 3.8) is 0 Å². The van der Waals surface area contributed by atoms with Gasteiger partial charge in [0.05, 0.1) is 6.61 Å². The van der Waals surface area contributed by atoms with Crippen molar-refractivity contribution < 1.29 is 13.9 Å². The Kier molecular flexibility index (Phi) is 5.88. The van der Waals surface area contributed by atoms with Crippen LogP contribution in [0.3, 0.4) is 0 Å². The number of hydrogen-bond acceptors (Lipinski definition) is 3. The van der Waals surface area contributed by atoms with Crippen LogP contribution in [0.1, 0.15) is 35.2 Å². The van der Waals surface area contributed by atoms with Crippen molar-refractivity contribution in [2.75, 3.05) is 33.4 Å². The zero-order chi connectivity index (χ0) is 15.2. The van der Waals surface area contributed by atoms with Crippen LogP contribution in [0, 0.1) is 18.7 Å². The monoisotopic (exact) mass is 293 g/mol. The second kappa shape index (κ2) is 7.66. The molecule has 1 fully saturated rings. The lowest BCUT2D eigenvalue weighted by molar-refractivity contribution is 0.0830. The Hall–Kier alpha value is -1.26. The van der Waals surface area contributed by atoms with Crippen molar-refractivity contribution in [3.8, 4) is 0 Å². The van der Waals surface area contributed by atoms with Crippen molar-refractivity contribution in [1.82, 2.24) is 4.90 Å². The number of likely N-dealkylation sites (tertiary alicyclic amines) is 1. The van der Waals surface area contributed by atoms with Gasteiger partial charge in [0.15, 0.2) is 5.78 Å². The number of ether oxygens (including phenoxy) is 1. The summed E-state index contributed by atoms with van der Waals surface area (Å²) in [5.74, 6) is 0.275. The van der Waals surface area contributed by atoms with E-state index in [1.807, 2.05) is 0 Å². The van der Waals surface area contributed by atoms with E-state index in [0.717, 1.165) is 32.7 Å². The molecule has 3 nitrogen and oxygen atoms in total. The van der Waals surface area contributed by atoms with E-state index in [2.05, 4.69) is 4.90 Å². The van der Waals surface area contributed by atoms with Crippen LogP contribution in [-0.4, -0.2) is 44.0 Å². The molecule has 1 aromatic carbocycles. The second-order valence-corrected chi connectivity index (χ2v) is 5.90. The third-order valence-electron chi connectivity index (χ3n) is 4.15. The summed E-state index contributed by atoms with van der Waals surface area (Å²) in [5, 5.41) is 0. The Morgan fingerprint density at radius 1 is 1.48 bits per heavy atom. The van der Waals surface area contributed by atoms with E-state index in [0.29, 0.717) is 23.5 Å². The molecule has 0 amide bonds. The number of aryl methyl sites for hydroxylation is 1. The molecule has 21 heavy (non-hydrogen) atoms. The molecule has 0 bridgehead atoms. The topological polar surface area (TPSA) is 29.5 Å². The first kappa shape index (κ1) is 16.1. The lowest BCUT2D eigenvalue weighted by Gasteiger charge is -2.32. The lowest BCUT2D eigenvalue weighted by atomic mass is 9.98. The van der Waals surface area contributed by atoms with Gasteiger partial charge in [-0.2, -0.15) is 0 Å². The normalized spacial score (nSPS) is 19.7. The lowest BCUT2D eigenvalue weighted by Crippen LogP contribution is -2.38. The Labute approximate surface area is 126 Å². The Morgan fingerprint density at radius 3 is 3.00 bits per heavy atom. The fourth-order valence-corrected chi connectivity index (χ4v) is 2.90. The number of ketones is 1. The highest BCUT2D eigenvalue weighted by atomic mass is 19.1. The summed E-state index contributed by atoms with van der Waals surface area (Å²) in [4.78, 5) is 14.5. The maximum atomic E-state index is 13.5. The quantitative estimate of drug-likeness (QED) is 0.755. The Bertz CT molecular complexity index is 488. The molecule has 116 valence electrons. The van der Waals surface area contributed by atoms with Crippen LogP contribution in [0.25, 0.3) is 0 Å². The van der Waals surface area contributed by atoms with Crippen LogP contribution >= 0.6 is 0 Å². The molecule has 0 radical (unpaired) electrons. The van der Waals surface area contributed by atoms with Crippen molar-refractivity contribution in [2.45, 2.75) is 26.2 Å². The first-order valence-corrected chi connectivity index (χ1v) is 7.61. The third-order valence-corrected chi connectivity index (χ3v) is 4.15. The van der Waals surface area contributed by atoms with Gasteiger partial charge in [0.25, 0.3) is 0 Å². The number of carbonyl (C=O) groups is 1. The van der Waals surface area contributed by atoms with Crippen LogP contribution in [0.2, 0.25) is 0 Å². The van der Waals surface area contributed by atoms with Crippen molar-refractivity contribution in [3.05, 3.63) is 35.1 Å². The molecule has 1 aromatic rings. The summed E-state index contributed by atoms with van der Waals surface area (Å²) >= 11 is 0. The number of nitrogens with zero attached hydrogens (tertiary/aromatic N) is 1. The van der Waals surface area contributed by atoms with Gasteiger partial charge in [-0.3, -0.25) is 4.79 Å². The van der Waals surface area contributed by atoms with E-state index in [-0.39, 0.29) is 11.6 Å². The molecule has 1 saturated heterocycles. The average Bonchev–Trinajstić information content (AvgIpc) is 2.48. The summed E-state index contributed by atoms with van der Waals surface area (Å²) in [5.41, 5.74) is 1.05. The maximum Gasteiger partial charge on any atom is 0.164 e. The van der Waals surface area contributed by atoms with E-state index in [1.54, 1.807) is 26.2 Å². The second-order valence-electron chi connectivity index (χ2n) is 5.90. The van der Waals surface area contributed by atoms with Crippen molar-refractivity contribution >= 4 is 5.78 Å². The van der Waals surface area contributed by atoms with Crippen molar-refractivity contribution in [2.24, 2.45) is 5.92 Å². The molecule has 0 saturated carbocycles. The zero-order valence-corrected chi connectivity index (χ0v) is 12.9. The summed E-state index contributed by atoms with van der Waals surface area (Å²) in [6.45, 7) is 5.26. The number of piperidine rings is 1. The summed E-state index contributed by atoms with van der Waals surface area (Å²) in [7, 11) is 1.73. The largest absolute Gasteiger partial charge is 0.384 e. The highest BCUT2D eigenvalue weighted by molar-refractivity contribution is 5.96. The predicted molar refractivity (Wildman–Crippen MR) is 81.1 cm³/mol. The minimum atomic E-state index is -0.306. The smallest absolute Gasteiger partial charge is 0.164 e. The Balaban J connectivity index is 1.84. The SMILES string of the molecule is COCC1CCCN(CCC(=O)c2ccc(C)c(F)c2)C1. The van der Waals surface area contributed by atoms with E-state index < -0.39 is 0 Å². The molecule has 1 atom stereocenters. The Morgan fingerprint density at radius 2 is 2.29 bits per heavy atom. The molecule has 1 aliphatic heterocycles. The van der Waals surface area contributed by atoms with Gasteiger partial charge < -0.3 is 9.64 Å². The first-order valence-electron chi connectivity index (χ1n) is 7.61. The number of benzene rings is 1. The minimum absolute atomic E-state index is 0.0164. The van der Waals surface area contributed by atoms with Gasteiger partial charge in [-0.15, -0.1) is 0 Å². The molecule has 0 aliphatic carbocycles. The van der Waals surface area contributed by atoms with Crippen LogP contribution in [0.4, 0.5) is 4.39 Å². The summed E-state index contributed by atoms with van der Waals surface area (Å²) in [6.07, 6.45) is 2.80. The van der Waals surface area contributed by atoms with Gasteiger partial charge in [-0.25, -0.2) is 4.39 Å². The van der Waals surface area contributed by atoms with E-state index in [9.17, 15) is 9.18 Å². The van der Waals surface area contributed by atoms with Crippen LogP contribution in [-0.2, 0) is 4.74 Å². The molecule has 0 N–H and O–H groups in total. The maximum absolute atomic E-state index is 13.5. The van der Waals surface area contributed by atoms with E-state index in [4.69, 9.17) is 4.74 Å². The van der Waals surface area contributed by atoms with Gasteiger partial charge >= 0.3 is 0 Å². The number of methoxy groups -OCH3 is 1. The van der Waals surface area contributed by atoms with Gasteiger partial charge in [0.2, 0.25) is 0 Å². The standard InChI is InChI=1S/C17H24FNO2/c1-13-5-6-15(10-16(13)18)17(20)7-9-19-8-3-4-14(11-19)12-21-2/h5-6,10,14H,3-4,7-9,11-12H2,1-2H3. The number of Topliss-reactive ketones (excluding diaryl/α,β-unsaturated/α-hetero) is 1. The molecule has 1 aliphatic rings. The molecule has 0 spiro atoms. The van der Waals surface area contributed by atoms with Crippen molar-refractivity contribution in [1.29, 1.82) is 0 Å². The van der Waals surface area contributed by atoms with Crippen LogP contribution < -0.4 is 0 Å². The predicted octanol–water partition coefficient (Wildman–Crippen LogP) is 3.07. The summed E-state index contributed by atoms with van der Waals surface area (Å²) < 4.78 is 18.7. The molecule has 2 rings (SSSR count). The number of rotatable bonds is 6. The number of hydrogen-bond donors (Lipinski definition) is 0. The van der Waals surface area contributed by atoms with Gasteiger partial charge in [0.1, 0.15) is 5.82 Å². The average molecular weight is 293 g/mol. The molecule has 0 aromatic heterocycles. The molecule has 1 heterocycles.